The van der Waals surface area contributed by atoms with E-state index in [1.807, 2.05) is 48.2 Å². The first-order chi connectivity index (χ1) is 14.1. The molecule has 1 aliphatic heterocycles. The minimum Gasteiger partial charge on any atom is -0.497 e. The standard InChI is InChI=1S/C22H20N4O2S/c1-13-20(29-21(24-13)19-5-3-4-9-23-19)22(27)26-10-8-18-16(12-26)15-11-14(28-2)6-7-17(15)25-18/h3-7,9,11,25H,8,10,12H2,1-2H3. The molecular weight excluding hydrogens is 384 g/mol. The van der Waals surface area contributed by atoms with Crippen molar-refractivity contribution in [2.75, 3.05) is 13.7 Å². The van der Waals surface area contributed by atoms with Gasteiger partial charge in [0.05, 0.1) is 18.5 Å². The van der Waals surface area contributed by atoms with E-state index in [0.29, 0.717) is 18.0 Å². The second kappa shape index (κ2) is 7.00. The van der Waals surface area contributed by atoms with Crippen LogP contribution in [0.5, 0.6) is 5.75 Å². The first kappa shape index (κ1) is 17.9. The van der Waals surface area contributed by atoms with E-state index in [2.05, 4.69) is 15.0 Å². The highest BCUT2D eigenvalue weighted by Gasteiger charge is 2.27. The van der Waals surface area contributed by atoms with Gasteiger partial charge in [0, 0.05) is 47.9 Å². The molecule has 1 aliphatic rings. The number of aryl methyl sites for hydroxylation is 1. The van der Waals surface area contributed by atoms with Crippen LogP contribution < -0.4 is 4.74 Å². The van der Waals surface area contributed by atoms with Gasteiger partial charge in [-0.1, -0.05) is 6.07 Å². The number of pyridine rings is 1. The number of thiazole rings is 1. The highest BCUT2D eigenvalue weighted by atomic mass is 32.1. The van der Waals surface area contributed by atoms with Crippen LogP contribution in [-0.2, 0) is 13.0 Å². The molecule has 7 heteroatoms. The van der Waals surface area contributed by atoms with Gasteiger partial charge in [0.2, 0.25) is 0 Å². The van der Waals surface area contributed by atoms with E-state index in [9.17, 15) is 4.79 Å². The lowest BCUT2D eigenvalue weighted by molar-refractivity contribution is 0.0739. The normalized spacial score (nSPS) is 13.5. The van der Waals surface area contributed by atoms with Crippen LogP contribution in [0.2, 0.25) is 0 Å². The maximum absolute atomic E-state index is 13.3. The Morgan fingerprint density at radius 2 is 2.17 bits per heavy atom. The van der Waals surface area contributed by atoms with Crippen LogP contribution in [-0.4, -0.2) is 39.4 Å². The fourth-order valence-corrected chi connectivity index (χ4v) is 4.84. The largest absolute Gasteiger partial charge is 0.497 e. The smallest absolute Gasteiger partial charge is 0.266 e. The predicted octanol–water partition coefficient (Wildman–Crippen LogP) is 4.20. The topological polar surface area (TPSA) is 71.1 Å². The Morgan fingerprint density at radius 3 is 2.97 bits per heavy atom. The Bertz CT molecular complexity index is 1210. The molecule has 0 fully saturated rings. The Hall–Kier alpha value is -3.19. The molecule has 1 amide bonds. The minimum atomic E-state index is 0.0325. The van der Waals surface area contributed by atoms with Crippen molar-refractivity contribution in [3.63, 3.8) is 0 Å². The second-order valence-electron chi connectivity index (χ2n) is 7.12. The number of hydrogen-bond acceptors (Lipinski definition) is 5. The van der Waals surface area contributed by atoms with Crippen LogP contribution in [0.4, 0.5) is 0 Å². The number of nitrogens with zero attached hydrogens (tertiary/aromatic N) is 3. The molecular formula is C22H20N4O2S. The zero-order chi connectivity index (χ0) is 20.0. The molecule has 1 aromatic carbocycles. The quantitative estimate of drug-likeness (QED) is 0.555. The van der Waals surface area contributed by atoms with Crippen LogP contribution in [0.15, 0.2) is 42.6 Å². The van der Waals surface area contributed by atoms with Crippen LogP contribution in [0.25, 0.3) is 21.6 Å². The number of carbonyl (C=O) groups excluding carboxylic acids is 1. The molecule has 146 valence electrons. The summed E-state index contributed by atoms with van der Waals surface area (Å²) < 4.78 is 5.38. The van der Waals surface area contributed by atoms with Crippen molar-refractivity contribution in [1.29, 1.82) is 0 Å². The van der Waals surface area contributed by atoms with Crippen LogP contribution in [0.1, 0.15) is 26.6 Å². The molecule has 0 saturated carbocycles. The SMILES string of the molecule is COc1ccc2[nH]c3c(c2c1)CN(C(=O)c1sc(-c2ccccn2)nc1C)CC3. The van der Waals surface area contributed by atoms with Crippen molar-refractivity contribution in [3.05, 3.63) is 64.4 Å². The number of aromatic nitrogens is 3. The Morgan fingerprint density at radius 1 is 1.28 bits per heavy atom. The van der Waals surface area contributed by atoms with Gasteiger partial charge in [-0.25, -0.2) is 4.98 Å². The number of fused-ring (bicyclic) bond motifs is 3. The van der Waals surface area contributed by atoms with Crippen LogP contribution in [0, 0.1) is 6.92 Å². The van der Waals surface area contributed by atoms with E-state index in [1.54, 1.807) is 13.3 Å². The molecule has 0 spiro atoms. The molecule has 0 bridgehead atoms. The van der Waals surface area contributed by atoms with E-state index in [0.717, 1.165) is 39.5 Å². The summed E-state index contributed by atoms with van der Waals surface area (Å²) in [4.78, 5) is 28.3. The molecule has 0 saturated heterocycles. The van der Waals surface area contributed by atoms with Gasteiger partial charge >= 0.3 is 0 Å². The lowest BCUT2D eigenvalue weighted by Gasteiger charge is -2.27. The number of benzene rings is 1. The van der Waals surface area contributed by atoms with Crippen molar-refractivity contribution in [1.82, 2.24) is 19.9 Å². The highest BCUT2D eigenvalue weighted by Crippen LogP contribution is 2.33. The average Bonchev–Trinajstić information content (AvgIpc) is 3.33. The molecule has 1 N–H and O–H groups in total. The van der Waals surface area contributed by atoms with Gasteiger partial charge < -0.3 is 14.6 Å². The number of aromatic amines is 1. The zero-order valence-corrected chi connectivity index (χ0v) is 17.0. The molecule has 0 aliphatic carbocycles. The van der Waals surface area contributed by atoms with Gasteiger partial charge in [0.15, 0.2) is 0 Å². The number of carbonyl (C=O) groups is 1. The Balaban J connectivity index is 1.46. The van der Waals surface area contributed by atoms with Gasteiger partial charge in [0.25, 0.3) is 5.91 Å². The summed E-state index contributed by atoms with van der Waals surface area (Å²) in [5.41, 5.74) is 5.01. The lowest BCUT2D eigenvalue weighted by atomic mass is 10.0. The number of ether oxygens (including phenoxy) is 1. The predicted molar refractivity (Wildman–Crippen MR) is 113 cm³/mol. The molecule has 4 heterocycles. The summed E-state index contributed by atoms with van der Waals surface area (Å²) in [6, 6.07) is 11.7. The summed E-state index contributed by atoms with van der Waals surface area (Å²) in [7, 11) is 1.67. The maximum Gasteiger partial charge on any atom is 0.266 e. The molecule has 3 aromatic heterocycles. The first-order valence-electron chi connectivity index (χ1n) is 9.49. The first-order valence-corrected chi connectivity index (χ1v) is 10.3. The fourth-order valence-electron chi connectivity index (χ4n) is 3.83. The van der Waals surface area contributed by atoms with Gasteiger partial charge in [-0.05, 0) is 37.3 Å². The Kier molecular flexibility index (Phi) is 4.32. The van der Waals surface area contributed by atoms with E-state index in [1.165, 1.54) is 22.6 Å². The van der Waals surface area contributed by atoms with Gasteiger partial charge in [-0.3, -0.25) is 9.78 Å². The maximum atomic E-state index is 13.3. The summed E-state index contributed by atoms with van der Waals surface area (Å²) in [6.45, 7) is 3.16. The number of hydrogen-bond donors (Lipinski definition) is 1. The third-order valence-electron chi connectivity index (χ3n) is 5.34. The number of amides is 1. The van der Waals surface area contributed by atoms with E-state index < -0.39 is 0 Å². The number of nitrogens with one attached hydrogen (secondary N) is 1. The van der Waals surface area contributed by atoms with Crippen LogP contribution in [0.3, 0.4) is 0 Å². The van der Waals surface area contributed by atoms with Crippen molar-refractivity contribution in [2.24, 2.45) is 0 Å². The van der Waals surface area contributed by atoms with Crippen LogP contribution >= 0.6 is 11.3 Å². The fraction of sp³-hybridized carbons (Fsp3) is 0.227. The number of H-pyrrole nitrogens is 1. The third kappa shape index (κ3) is 3.07. The van der Waals surface area contributed by atoms with Crippen molar-refractivity contribution in [2.45, 2.75) is 19.9 Å². The second-order valence-corrected chi connectivity index (χ2v) is 8.12. The van der Waals surface area contributed by atoms with Crippen molar-refractivity contribution < 1.29 is 9.53 Å². The Labute approximate surface area is 172 Å². The van der Waals surface area contributed by atoms with E-state index in [4.69, 9.17) is 4.74 Å². The van der Waals surface area contributed by atoms with Gasteiger partial charge in [-0.2, -0.15) is 0 Å². The number of methoxy groups -OCH3 is 1. The number of rotatable bonds is 3. The molecule has 29 heavy (non-hydrogen) atoms. The van der Waals surface area contributed by atoms with Gasteiger partial charge in [0.1, 0.15) is 15.6 Å². The molecule has 4 aromatic rings. The monoisotopic (exact) mass is 404 g/mol. The van der Waals surface area contributed by atoms with E-state index in [-0.39, 0.29) is 5.91 Å². The van der Waals surface area contributed by atoms with Gasteiger partial charge in [-0.15, -0.1) is 11.3 Å². The minimum absolute atomic E-state index is 0.0325. The van der Waals surface area contributed by atoms with Crippen molar-refractivity contribution in [3.8, 4) is 16.5 Å². The summed E-state index contributed by atoms with van der Waals surface area (Å²) in [6.07, 6.45) is 2.55. The lowest BCUT2D eigenvalue weighted by Crippen LogP contribution is -2.35. The highest BCUT2D eigenvalue weighted by molar-refractivity contribution is 7.17. The summed E-state index contributed by atoms with van der Waals surface area (Å²) in [5.74, 6) is 0.853. The summed E-state index contributed by atoms with van der Waals surface area (Å²) in [5, 5.41) is 1.90. The molecule has 5 rings (SSSR count). The van der Waals surface area contributed by atoms with Crippen molar-refractivity contribution >= 4 is 28.1 Å². The molecule has 0 atom stereocenters. The molecule has 0 radical (unpaired) electrons. The zero-order valence-electron chi connectivity index (χ0n) is 16.2. The molecule has 0 unspecified atom stereocenters. The average molecular weight is 404 g/mol. The third-order valence-corrected chi connectivity index (χ3v) is 6.51. The van der Waals surface area contributed by atoms with E-state index >= 15 is 0 Å². The summed E-state index contributed by atoms with van der Waals surface area (Å²) >= 11 is 1.41. The molecule has 6 nitrogen and oxygen atoms in total.